The number of nitrogens with zero attached hydrogens (tertiary/aromatic N) is 1. The lowest BCUT2D eigenvalue weighted by molar-refractivity contribution is 0.344. The van der Waals surface area contributed by atoms with Crippen LogP contribution in [-0.4, -0.2) is 24.1 Å². The largest absolute Gasteiger partial charge is 0.493 e. The zero-order chi connectivity index (χ0) is 15.6. The molecular weight excluding hydrogens is 316 g/mol. The molecule has 0 aliphatic carbocycles. The molecule has 22 heavy (non-hydrogen) atoms. The van der Waals surface area contributed by atoms with Crippen molar-refractivity contribution in [3.8, 4) is 5.75 Å². The first-order valence-electron chi connectivity index (χ1n) is 7.09. The van der Waals surface area contributed by atoms with Crippen LogP contribution in [0.25, 0.3) is 0 Å². The molecule has 0 aliphatic heterocycles. The summed E-state index contributed by atoms with van der Waals surface area (Å²) in [5, 5.41) is 1.31. The van der Waals surface area contributed by atoms with Crippen molar-refractivity contribution in [1.29, 1.82) is 0 Å². The molecule has 0 saturated carbocycles. The van der Waals surface area contributed by atoms with Crippen molar-refractivity contribution in [2.24, 2.45) is 10.7 Å². The molecule has 5 heteroatoms. The van der Waals surface area contributed by atoms with Gasteiger partial charge in [0.25, 0.3) is 0 Å². The number of hydrogen-bond donors (Lipinski definition) is 1. The summed E-state index contributed by atoms with van der Waals surface area (Å²) < 4.78 is 5.60. The summed E-state index contributed by atoms with van der Waals surface area (Å²) in [5.74, 6) is 1.58. The molecule has 2 aromatic rings. The first-order chi connectivity index (χ1) is 10.7. The van der Waals surface area contributed by atoms with Crippen LogP contribution in [0.3, 0.4) is 0 Å². The summed E-state index contributed by atoms with van der Waals surface area (Å²) in [6.07, 6.45) is 0.906. The molecule has 0 unspecified atom stereocenters. The zero-order valence-corrected chi connectivity index (χ0v) is 13.8. The third kappa shape index (κ3) is 6.41. The fraction of sp³-hybridized carbons (Fsp3) is 0.235. The number of amidine groups is 1. The molecule has 0 aromatic heterocycles. The molecule has 0 amide bonds. The van der Waals surface area contributed by atoms with Gasteiger partial charge in [0, 0.05) is 17.3 Å². The molecule has 116 valence electrons. The van der Waals surface area contributed by atoms with E-state index in [0.29, 0.717) is 23.3 Å². The minimum Gasteiger partial charge on any atom is -0.493 e. The molecule has 0 spiro atoms. The summed E-state index contributed by atoms with van der Waals surface area (Å²) in [6, 6.07) is 17.6. The van der Waals surface area contributed by atoms with Crippen LogP contribution in [0.15, 0.2) is 59.6 Å². The quantitative estimate of drug-likeness (QED) is 0.473. The number of ether oxygens (including phenoxy) is 1. The van der Waals surface area contributed by atoms with Crippen LogP contribution in [0, 0.1) is 0 Å². The summed E-state index contributed by atoms with van der Waals surface area (Å²) in [4.78, 5) is 4.36. The summed E-state index contributed by atoms with van der Waals surface area (Å²) in [6.45, 7) is 1.29. The van der Waals surface area contributed by atoms with Gasteiger partial charge in [-0.1, -0.05) is 53.7 Å². The van der Waals surface area contributed by atoms with E-state index in [9.17, 15) is 0 Å². The Bertz CT molecular complexity index is 587. The minimum atomic E-state index is 0.585. The van der Waals surface area contributed by atoms with Gasteiger partial charge in [-0.3, -0.25) is 4.99 Å². The van der Waals surface area contributed by atoms with Crippen LogP contribution in [-0.2, 0) is 6.42 Å². The highest BCUT2D eigenvalue weighted by Crippen LogP contribution is 2.15. The van der Waals surface area contributed by atoms with E-state index in [-0.39, 0.29) is 0 Å². The van der Waals surface area contributed by atoms with Gasteiger partial charge in [-0.2, -0.15) is 0 Å². The SMILES string of the molecule is NC(=NCCc1ccccc1)SCCOc1ccc(Cl)cc1. The Labute approximate surface area is 140 Å². The van der Waals surface area contributed by atoms with Gasteiger partial charge in [0.2, 0.25) is 0 Å². The molecule has 0 atom stereocenters. The number of halogens is 1. The minimum absolute atomic E-state index is 0.585. The standard InChI is InChI=1S/C17H19ClN2OS/c18-15-6-8-16(9-7-15)21-12-13-22-17(19)20-11-10-14-4-2-1-3-5-14/h1-9H,10-13H2,(H2,19,20). The van der Waals surface area contributed by atoms with Crippen molar-refractivity contribution >= 4 is 28.5 Å². The van der Waals surface area contributed by atoms with E-state index in [4.69, 9.17) is 22.1 Å². The Hall–Kier alpha value is -1.65. The zero-order valence-electron chi connectivity index (χ0n) is 12.2. The van der Waals surface area contributed by atoms with Crippen LogP contribution >= 0.6 is 23.4 Å². The normalized spacial score (nSPS) is 11.4. The molecule has 3 nitrogen and oxygen atoms in total. The van der Waals surface area contributed by atoms with Gasteiger partial charge in [0.1, 0.15) is 5.75 Å². The van der Waals surface area contributed by atoms with Crippen LogP contribution in [0.2, 0.25) is 5.02 Å². The van der Waals surface area contributed by atoms with Crippen LogP contribution < -0.4 is 10.5 Å². The van der Waals surface area contributed by atoms with Gasteiger partial charge in [-0.25, -0.2) is 0 Å². The van der Waals surface area contributed by atoms with E-state index < -0.39 is 0 Å². The number of aliphatic imine (C=N–C) groups is 1. The topological polar surface area (TPSA) is 47.6 Å². The van der Waals surface area contributed by atoms with Crippen molar-refractivity contribution in [3.63, 3.8) is 0 Å². The average Bonchev–Trinajstić information content (AvgIpc) is 2.54. The molecule has 2 N–H and O–H groups in total. The second-order valence-corrected chi connectivity index (χ2v) is 6.16. The van der Waals surface area contributed by atoms with Gasteiger partial charge in [0.15, 0.2) is 5.17 Å². The van der Waals surface area contributed by atoms with E-state index in [0.717, 1.165) is 17.9 Å². The second kappa shape index (κ2) is 9.38. The van der Waals surface area contributed by atoms with E-state index in [1.54, 1.807) is 0 Å². The maximum atomic E-state index is 5.88. The lowest BCUT2D eigenvalue weighted by Gasteiger charge is -2.06. The number of benzene rings is 2. The monoisotopic (exact) mass is 334 g/mol. The Morgan fingerprint density at radius 2 is 1.82 bits per heavy atom. The van der Waals surface area contributed by atoms with Crippen LogP contribution in [0.4, 0.5) is 0 Å². The van der Waals surface area contributed by atoms with Crippen molar-refractivity contribution < 1.29 is 4.74 Å². The lowest BCUT2D eigenvalue weighted by atomic mass is 10.2. The van der Waals surface area contributed by atoms with Crippen LogP contribution in [0.1, 0.15) is 5.56 Å². The molecule has 0 fully saturated rings. The molecule has 0 aliphatic rings. The fourth-order valence-corrected chi connectivity index (χ4v) is 2.51. The first kappa shape index (κ1) is 16.7. The van der Waals surface area contributed by atoms with Crippen LogP contribution in [0.5, 0.6) is 5.75 Å². The molecule has 0 bridgehead atoms. The predicted molar refractivity (Wildman–Crippen MR) is 96.0 cm³/mol. The third-order valence-corrected chi connectivity index (χ3v) is 3.97. The highest BCUT2D eigenvalue weighted by molar-refractivity contribution is 8.13. The Morgan fingerprint density at radius 3 is 2.55 bits per heavy atom. The number of thioether (sulfide) groups is 1. The van der Waals surface area contributed by atoms with Gasteiger partial charge < -0.3 is 10.5 Å². The number of nitrogens with two attached hydrogens (primary N) is 1. The summed E-state index contributed by atoms with van der Waals surface area (Å²) in [7, 11) is 0. The average molecular weight is 335 g/mol. The number of rotatable bonds is 7. The molecule has 0 heterocycles. The molecule has 2 rings (SSSR count). The van der Waals surface area contributed by atoms with E-state index in [2.05, 4.69) is 17.1 Å². The van der Waals surface area contributed by atoms with E-state index in [1.807, 2.05) is 42.5 Å². The summed E-state index contributed by atoms with van der Waals surface area (Å²) >= 11 is 7.33. The Kier molecular flexibility index (Phi) is 7.13. The number of hydrogen-bond acceptors (Lipinski definition) is 3. The summed E-state index contributed by atoms with van der Waals surface area (Å²) in [5.41, 5.74) is 7.15. The van der Waals surface area contributed by atoms with Gasteiger partial charge in [-0.15, -0.1) is 0 Å². The van der Waals surface area contributed by atoms with E-state index in [1.165, 1.54) is 17.3 Å². The fourth-order valence-electron chi connectivity index (χ4n) is 1.82. The highest BCUT2D eigenvalue weighted by atomic mass is 35.5. The molecule has 0 saturated heterocycles. The second-order valence-electron chi connectivity index (χ2n) is 4.61. The predicted octanol–water partition coefficient (Wildman–Crippen LogP) is 4.01. The van der Waals surface area contributed by atoms with Crippen molar-refractivity contribution in [2.75, 3.05) is 18.9 Å². The molecular formula is C17H19ClN2OS. The van der Waals surface area contributed by atoms with Crippen molar-refractivity contribution in [3.05, 3.63) is 65.2 Å². The Morgan fingerprint density at radius 1 is 1.09 bits per heavy atom. The van der Waals surface area contributed by atoms with Gasteiger partial charge >= 0.3 is 0 Å². The Balaban J connectivity index is 1.61. The lowest BCUT2D eigenvalue weighted by Crippen LogP contribution is -2.11. The molecule has 0 radical (unpaired) electrons. The molecule has 2 aromatic carbocycles. The van der Waals surface area contributed by atoms with Gasteiger partial charge in [0.05, 0.1) is 6.61 Å². The van der Waals surface area contributed by atoms with Crippen molar-refractivity contribution in [2.45, 2.75) is 6.42 Å². The maximum absolute atomic E-state index is 5.88. The highest BCUT2D eigenvalue weighted by Gasteiger charge is 1.97. The van der Waals surface area contributed by atoms with E-state index >= 15 is 0 Å². The van der Waals surface area contributed by atoms with Crippen molar-refractivity contribution in [1.82, 2.24) is 0 Å². The first-order valence-corrected chi connectivity index (χ1v) is 8.45. The third-order valence-electron chi connectivity index (χ3n) is 2.93. The smallest absolute Gasteiger partial charge is 0.154 e. The maximum Gasteiger partial charge on any atom is 0.154 e. The van der Waals surface area contributed by atoms with Gasteiger partial charge in [-0.05, 0) is 36.2 Å².